The molecule has 186 valence electrons. The van der Waals surface area contributed by atoms with Gasteiger partial charge in [-0.15, -0.1) is 11.3 Å². The molecule has 1 fully saturated rings. The van der Waals surface area contributed by atoms with Crippen LogP contribution in [-0.2, 0) is 9.47 Å². The molecular formula is C23H26ClN5O5S. The molecule has 0 saturated carbocycles. The Balaban J connectivity index is 1.41. The van der Waals surface area contributed by atoms with E-state index in [1.54, 1.807) is 44.0 Å². The summed E-state index contributed by atoms with van der Waals surface area (Å²) in [5, 5.41) is 8.89. The van der Waals surface area contributed by atoms with Crippen molar-refractivity contribution in [3.05, 3.63) is 45.6 Å². The van der Waals surface area contributed by atoms with E-state index in [0.717, 1.165) is 0 Å². The number of nitrogens with one attached hydrogen (secondary N) is 1. The normalized spacial score (nSPS) is 18.0. The lowest BCUT2D eigenvalue weighted by molar-refractivity contribution is 0.0374. The van der Waals surface area contributed by atoms with Crippen LogP contribution in [0.5, 0.6) is 0 Å². The fourth-order valence-corrected chi connectivity index (χ4v) is 4.51. The average molecular weight is 520 g/mol. The zero-order valence-corrected chi connectivity index (χ0v) is 21.1. The van der Waals surface area contributed by atoms with Gasteiger partial charge in [0.25, 0.3) is 5.91 Å². The van der Waals surface area contributed by atoms with Gasteiger partial charge in [0.05, 0.1) is 40.2 Å². The molecule has 1 N–H and O–H groups in total. The summed E-state index contributed by atoms with van der Waals surface area (Å²) in [6.07, 6.45) is -0.0621. The second-order valence-corrected chi connectivity index (χ2v) is 10.7. The molecule has 12 heteroatoms. The number of hydrazone groups is 1. The summed E-state index contributed by atoms with van der Waals surface area (Å²) in [6.45, 7) is 6.64. The number of hydrogen-bond acceptors (Lipinski definition) is 8. The predicted octanol–water partition coefficient (Wildman–Crippen LogP) is 4.16. The van der Waals surface area contributed by atoms with Crippen molar-refractivity contribution in [2.75, 3.05) is 36.1 Å². The summed E-state index contributed by atoms with van der Waals surface area (Å²) < 4.78 is 11.4. The Labute approximate surface area is 212 Å². The number of cyclic esters (lactones) is 1. The molecule has 4 rings (SSSR count). The number of nitrogens with zero attached hydrogens (tertiary/aromatic N) is 4. The van der Waals surface area contributed by atoms with Crippen LogP contribution >= 0.6 is 22.9 Å². The first kappa shape index (κ1) is 24.8. The summed E-state index contributed by atoms with van der Waals surface area (Å²) in [4.78, 5) is 40.7. The van der Waals surface area contributed by atoms with E-state index in [1.807, 2.05) is 18.2 Å². The molecule has 1 aromatic heterocycles. The molecule has 35 heavy (non-hydrogen) atoms. The Morgan fingerprint density at radius 2 is 1.94 bits per heavy atom. The summed E-state index contributed by atoms with van der Waals surface area (Å²) in [5.41, 5.74) is 0.721. The molecule has 0 spiro atoms. The lowest BCUT2D eigenvalue weighted by Gasteiger charge is -2.31. The van der Waals surface area contributed by atoms with Crippen molar-refractivity contribution in [3.63, 3.8) is 0 Å². The van der Waals surface area contributed by atoms with Gasteiger partial charge in [-0.2, -0.15) is 5.10 Å². The Morgan fingerprint density at radius 3 is 2.57 bits per heavy atom. The van der Waals surface area contributed by atoms with Gasteiger partial charge in [0.2, 0.25) is 0 Å². The molecule has 0 aliphatic carbocycles. The lowest BCUT2D eigenvalue weighted by atomic mass is 10.2. The molecule has 1 aromatic carbocycles. The van der Waals surface area contributed by atoms with E-state index in [4.69, 9.17) is 21.1 Å². The minimum atomic E-state index is -0.600. The third kappa shape index (κ3) is 6.04. The quantitative estimate of drug-likeness (QED) is 0.636. The van der Waals surface area contributed by atoms with Crippen molar-refractivity contribution >= 4 is 58.7 Å². The number of ether oxygens (including phenoxy) is 2. The van der Waals surface area contributed by atoms with Gasteiger partial charge in [0, 0.05) is 6.54 Å². The third-order valence-corrected chi connectivity index (χ3v) is 6.35. The van der Waals surface area contributed by atoms with Gasteiger partial charge in [-0.25, -0.2) is 9.59 Å². The van der Waals surface area contributed by atoms with Crippen molar-refractivity contribution in [2.45, 2.75) is 32.5 Å². The minimum absolute atomic E-state index is 0.172. The maximum absolute atomic E-state index is 12.7. The summed E-state index contributed by atoms with van der Waals surface area (Å²) in [5.74, 6) is -0.269. The van der Waals surface area contributed by atoms with Crippen LogP contribution in [-0.4, -0.2) is 67.2 Å². The second kappa shape index (κ2) is 10.1. The van der Waals surface area contributed by atoms with Crippen molar-refractivity contribution in [1.82, 2.24) is 10.2 Å². The van der Waals surface area contributed by atoms with Gasteiger partial charge in [-0.1, -0.05) is 23.7 Å². The van der Waals surface area contributed by atoms with Gasteiger partial charge in [0.15, 0.2) is 0 Å². The SMILES string of the molecule is CC(C)(C)OC(=O)N1C=NN(c2ccccc2N2C[C@H](CNC(=O)c3ccc(Cl)s3)OC2=O)CC1. The number of amides is 3. The summed E-state index contributed by atoms with van der Waals surface area (Å²) >= 11 is 7.07. The number of hydrogen-bond donors (Lipinski definition) is 1. The fraction of sp³-hybridized carbons (Fsp3) is 0.391. The Bertz CT molecular complexity index is 1150. The summed E-state index contributed by atoms with van der Waals surface area (Å²) in [7, 11) is 0. The first-order valence-corrected chi connectivity index (χ1v) is 12.2. The molecule has 1 atom stereocenters. The molecule has 2 aliphatic heterocycles. The van der Waals surface area contributed by atoms with E-state index in [1.165, 1.54) is 27.5 Å². The molecule has 2 aliphatic rings. The maximum atomic E-state index is 12.7. The van der Waals surface area contributed by atoms with E-state index >= 15 is 0 Å². The second-order valence-electron chi connectivity index (χ2n) is 8.95. The van der Waals surface area contributed by atoms with Crippen molar-refractivity contribution in [2.24, 2.45) is 5.10 Å². The molecule has 10 nitrogen and oxygen atoms in total. The van der Waals surface area contributed by atoms with E-state index in [9.17, 15) is 14.4 Å². The number of rotatable bonds is 5. The zero-order valence-electron chi connectivity index (χ0n) is 19.6. The molecule has 2 aromatic rings. The standard InChI is InChI=1S/C23H26ClN5O5S/c1-23(2,3)34-21(31)27-10-11-29(26-14-27)17-7-5-4-6-16(17)28-13-15(33-22(28)32)12-25-20(30)18-8-9-19(24)35-18/h4-9,14-15H,10-13H2,1-3H3,(H,25,30)/t15-/m0/s1. The first-order chi connectivity index (χ1) is 16.6. The number of carbonyl (C=O) groups excluding carboxylic acids is 3. The summed E-state index contributed by atoms with van der Waals surface area (Å²) in [6, 6.07) is 10.6. The average Bonchev–Trinajstić information content (AvgIpc) is 3.42. The number of halogens is 1. The van der Waals surface area contributed by atoms with Gasteiger partial charge >= 0.3 is 12.2 Å². The topological polar surface area (TPSA) is 104 Å². The van der Waals surface area contributed by atoms with Crippen molar-refractivity contribution in [3.8, 4) is 0 Å². The number of carbonyl (C=O) groups is 3. The van der Waals surface area contributed by atoms with E-state index in [0.29, 0.717) is 33.7 Å². The Morgan fingerprint density at radius 1 is 1.20 bits per heavy atom. The monoisotopic (exact) mass is 519 g/mol. The largest absolute Gasteiger partial charge is 0.443 e. The number of thiophene rings is 1. The van der Waals surface area contributed by atoms with Crippen LogP contribution in [0.3, 0.4) is 0 Å². The molecular weight excluding hydrogens is 494 g/mol. The molecule has 0 bridgehead atoms. The van der Waals surface area contributed by atoms with Gasteiger partial charge in [-0.3, -0.25) is 19.6 Å². The van der Waals surface area contributed by atoms with Crippen molar-refractivity contribution in [1.29, 1.82) is 0 Å². The van der Waals surface area contributed by atoms with E-state index in [-0.39, 0.29) is 19.0 Å². The lowest BCUT2D eigenvalue weighted by Crippen LogP contribution is -2.44. The van der Waals surface area contributed by atoms with Crippen LogP contribution in [0.1, 0.15) is 30.4 Å². The van der Waals surface area contributed by atoms with E-state index in [2.05, 4.69) is 10.4 Å². The molecule has 0 unspecified atom stereocenters. The highest BCUT2D eigenvalue weighted by atomic mass is 35.5. The molecule has 1 saturated heterocycles. The minimum Gasteiger partial charge on any atom is -0.443 e. The van der Waals surface area contributed by atoms with Crippen LogP contribution < -0.4 is 15.2 Å². The molecule has 3 heterocycles. The smallest absolute Gasteiger partial charge is 0.415 e. The van der Waals surface area contributed by atoms with Gasteiger partial charge in [0.1, 0.15) is 18.0 Å². The highest BCUT2D eigenvalue weighted by Gasteiger charge is 2.35. The third-order valence-electron chi connectivity index (χ3n) is 5.12. The molecule has 3 amide bonds. The van der Waals surface area contributed by atoms with Crippen LogP contribution in [0, 0.1) is 0 Å². The number of anilines is 2. The zero-order chi connectivity index (χ0) is 25.2. The fourth-order valence-electron chi connectivity index (χ4n) is 3.55. The van der Waals surface area contributed by atoms with Crippen LogP contribution in [0.2, 0.25) is 4.34 Å². The van der Waals surface area contributed by atoms with Crippen LogP contribution in [0.25, 0.3) is 0 Å². The van der Waals surface area contributed by atoms with Crippen LogP contribution in [0.4, 0.5) is 21.0 Å². The Hall–Kier alpha value is -3.31. The molecule has 0 radical (unpaired) electrons. The first-order valence-electron chi connectivity index (χ1n) is 11.0. The maximum Gasteiger partial charge on any atom is 0.415 e. The highest BCUT2D eigenvalue weighted by molar-refractivity contribution is 7.18. The van der Waals surface area contributed by atoms with Gasteiger partial charge < -0.3 is 14.8 Å². The Kier molecular flexibility index (Phi) is 7.18. The van der Waals surface area contributed by atoms with Crippen LogP contribution in [0.15, 0.2) is 41.5 Å². The predicted molar refractivity (Wildman–Crippen MR) is 134 cm³/mol. The van der Waals surface area contributed by atoms with Gasteiger partial charge in [-0.05, 0) is 45.0 Å². The number of para-hydroxylation sites is 2. The van der Waals surface area contributed by atoms with Crippen molar-refractivity contribution < 1.29 is 23.9 Å². The van der Waals surface area contributed by atoms with E-state index < -0.39 is 23.9 Å². The number of benzene rings is 1. The highest BCUT2D eigenvalue weighted by Crippen LogP contribution is 2.33.